The van der Waals surface area contributed by atoms with Crippen molar-refractivity contribution in [3.05, 3.63) is 39.2 Å². The molecule has 2 amide bonds. The second-order valence-electron chi connectivity index (χ2n) is 5.00. The van der Waals surface area contributed by atoms with Crippen LogP contribution in [0.2, 0.25) is 0 Å². The van der Waals surface area contributed by atoms with Crippen LogP contribution in [0.1, 0.15) is 5.56 Å². The molecule has 0 saturated carbocycles. The third-order valence-corrected chi connectivity index (χ3v) is 5.14. The highest BCUT2D eigenvalue weighted by Gasteiger charge is 2.36. The van der Waals surface area contributed by atoms with Crippen molar-refractivity contribution < 1.29 is 14.3 Å². The lowest BCUT2D eigenvalue weighted by Crippen LogP contribution is -2.45. The first-order chi connectivity index (χ1) is 10.6. The molecule has 22 heavy (non-hydrogen) atoms. The van der Waals surface area contributed by atoms with Gasteiger partial charge >= 0.3 is 0 Å². The standard InChI is InChI=1S/C15H15BrN2O3S/c16-12-4-2-1-3-11(12)9-13-14(19)18(15(20)22-13)10-17-5-7-21-8-6-17/h1-4,9H,5-8,10H2/b13-9+. The molecule has 0 aliphatic carbocycles. The third-order valence-electron chi connectivity index (χ3n) is 3.51. The Labute approximate surface area is 141 Å². The maximum atomic E-state index is 12.4. The molecule has 2 fully saturated rings. The topological polar surface area (TPSA) is 49.9 Å². The summed E-state index contributed by atoms with van der Waals surface area (Å²) in [6.45, 7) is 3.10. The molecule has 3 rings (SSSR count). The van der Waals surface area contributed by atoms with Crippen molar-refractivity contribution in [1.82, 2.24) is 9.80 Å². The van der Waals surface area contributed by atoms with Gasteiger partial charge in [-0.3, -0.25) is 19.4 Å². The Bertz CT molecular complexity index is 629. The van der Waals surface area contributed by atoms with E-state index < -0.39 is 0 Å². The Morgan fingerprint density at radius 1 is 1.23 bits per heavy atom. The van der Waals surface area contributed by atoms with Crippen LogP contribution in [0.4, 0.5) is 4.79 Å². The van der Waals surface area contributed by atoms with Crippen LogP contribution < -0.4 is 0 Å². The van der Waals surface area contributed by atoms with Crippen molar-refractivity contribution in [2.75, 3.05) is 33.0 Å². The fraction of sp³-hybridized carbons (Fsp3) is 0.333. The summed E-state index contributed by atoms with van der Waals surface area (Å²) in [5.74, 6) is -0.225. The summed E-state index contributed by atoms with van der Waals surface area (Å²) in [5, 5.41) is -0.213. The van der Waals surface area contributed by atoms with Crippen molar-refractivity contribution >= 4 is 44.9 Å². The summed E-state index contributed by atoms with van der Waals surface area (Å²) >= 11 is 4.44. The average molecular weight is 383 g/mol. The molecule has 2 heterocycles. The molecular formula is C15H15BrN2O3S. The molecule has 0 aromatic heterocycles. The van der Waals surface area contributed by atoms with E-state index in [0.29, 0.717) is 24.8 Å². The van der Waals surface area contributed by atoms with Gasteiger partial charge in [-0.15, -0.1) is 0 Å². The highest BCUT2D eigenvalue weighted by molar-refractivity contribution is 9.10. The Kier molecular flexibility index (Phi) is 4.97. The number of ether oxygens (including phenoxy) is 1. The largest absolute Gasteiger partial charge is 0.379 e. The highest BCUT2D eigenvalue weighted by atomic mass is 79.9. The van der Waals surface area contributed by atoms with Gasteiger partial charge in [-0.25, -0.2) is 0 Å². The SMILES string of the molecule is O=C1S/C(=C/c2ccccc2Br)C(=O)N1CN1CCOCC1. The number of carbonyl (C=O) groups excluding carboxylic acids is 2. The van der Waals surface area contributed by atoms with Crippen LogP contribution in [0.25, 0.3) is 6.08 Å². The summed E-state index contributed by atoms with van der Waals surface area (Å²) in [4.78, 5) is 28.4. The van der Waals surface area contributed by atoms with Crippen LogP contribution in [-0.2, 0) is 9.53 Å². The van der Waals surface area contributed by atoms with Gasteiger partial charge in [0, 0.05) is 17.6 Å². The van der Waals surface area contributed by atoms with Gasteiger partial charge in [0.05, 0.1) is 24.8 Å². The maximum Gasteiger partial charge on any atom is 0.294 e. The van der Waals surface area contributed by atoms with E-state index in [0.717, 1.165) is 34.9 Å². The van der Waals surface area contributed by atoms with E-state index >= 15 is 0 Å². The van der Waals surface area contributed by atoms with Gasteiger partial charge in [-0.05, 0) is 29.5 Å². The molecule has 0 bridgehead atoms. The Hall–Kier alpha value is -1.15. The molecule has 2 aliphatic rings. The first kappa shape index (κ1) is 15.7. The van der Waals surface area contributed by atoms with E-state index in [-0.39, 0.29) is 11.1 Å². The number of hydrogen-bond acceptors (Lipinski definition) is 5. The predicted molar refractivity (Wildman–Crippen MR) is 89.2 cm³/mol. The van der Waals surface area contributed by atoms with Crippen molar-refractivity contribution in [2.24, 2.45) is 0 Å². The van der Waals surface area contributed by atoms with Crippen LogP contribution >= 0.6 is 27.7 Å². The molecule has 2 aliphatic heterocycles. The van der Waals surface area contributed by atoms with Gasteiger partial charge in [0.2, 0.25) is 0 Å². The second-order valence-corrected chi connectivity index (χ2v) is 6.85. The van der Waals surface area contributed by atoms with Crippen LogP contribution in [0, 0.1) is 0 Å². The molecular weight excluding hydrogens is 368 g/mol. The first-order valence-corrected chi connectivity index (χ1v) is 8.56. The van der Waals surface area contributed by atoms with E-state index in [4.69, 9.17) is 4.74 Å². The summed E-state index contributed by atoms with van der Waals surface area (Å²) in [7, 11) is 0. The van der Waals surface area contributed by atoms with Gasteiger partial charge in [-0.1, -0.05) is 34.1 Å². The molecule has 0 unspecified atom stereocenters. The smallest absolute Gasteiger partial charge is 0.294 e. The Morgan fingerprint density at radius 2 is 1.95 bits per heavy atom. The molecule has 0 radical (unpaired) electrons. The number of hydrogen-bond donors (Lipinski definition) is 0. The molecule has 0 N–H and O–H groups in total. The van der Waals surface area contributed by atoms with Gasteiger partial charge in [0.25, 0.3) is 11.1 Å². The zero-order valence-corrected chi connectivity index (χ0v) is 14.2. The number of imide groups is 1. The van der Waals surface area contributed by atoms with Gasteiger partial charge in [0.15, 0.2) is 0 Å². The quantitative estimate of drug-likeness (QED) is 0.752. The normalized spacial score (nSPS) is 21.9. The average Bonchev–Trinajstić information content (AvgIpc) is 2.78. The lowest BCUT2D eigenvalue weighted by Gasteiger charge is -2.29. The Morgan fingerprint density at radius 3 is 2.68 bits per heavy atom. The number of carbonyl (C=O) groups is 2. The summed E-state index contributed by atoms with van der Waals surface area (Å²) in [6.07, 6.45) is 1.76. The number of nitrogens with zero attached hydrogens (tertiary/aromatic N) is 2. The monoisotopic (exact) mass is 382 g/mol. The number of amides is 2. The van der Waals surface area contributed by atoms with Crippen LogP contribution in [0.5, 0.6) is 0 Å². The van der Waals surface area contributed by atoms with Crippen molar-refractivity contribution in [1.29, 1.82) is 0 Å². The molecule has 7 heteroatoms. The van der Waals surface area contributed by atoms with Gasteiger partial charge in [-0.2, -0.15) is 0 Å². The lowest BCUT2D eigenvalue weighted by molar-refractivity contribution is -0.125. The number of morpholine rings is 1. The van der Waals surface area contributed by atoms with E-state index in [1.165, 1.54) is 4.90 Å². The molecule has 116 valence electrons. The Balaban J connectivity index is 1.75. The van der Waals surface area contributed by atoms with E-state index in [9.17, 15) is 9.59 Å². The fourth-order valence-corrected chi connectivity index (χ4v) is 3.52. The molecule has 0 spiro atoms. The number of benzene rings is 1. The summed E-state index contributed by atoms with van der Waals surface area (Å²) in [6, 6.07) is 7.62. The molecule has 1 aromatic carbocycles. The summed E-state index contributed by atoms with van der Waals surface area (Å²) in [5.41, 5.74) is 0.888. The van der Waals surface area contributed by atoms with E-state index in [1.807, 2.05) is 24.3 Å². The second kappa shape index (κ2) is 6.95. The van der Waals surface area contributed by atoms with Crippen LogP contribution in [0.3, 0.4) is 0 Å². The minimum atomic E-state index is -0.225. The van der Waals surface area contributed by atoms with Crippen LogP contribution in [0.15, 0.2) is 33.6 Å². The van der Waals surface area contributed by atoms with Crippen molar-refractivity contribution in [2.45, 2.75) is 0 Å². The van der Waals surface area contributed by atoms with E-state index in [2.05, 4.69) is 20.8 Å². The first-order valence-electron chi connectivity index (χ1n) is 6.95. The van der Waals surface area contributed by atoms with Crippen molar-refractivity contribution in [3.8, 4) is 0 Å². The minimum absolute atomic E-state index is 0.213. The predicted octanol–water partition coefficient (Wildman–Crippen LogP) is 2.78. The third kappa shape index (κ3) is 3.43. The molecule has 0 atom stereocenters. The summed E-state index contributed by atoms with van der Waals surface area (Å²) < 4.78 is 6.18. The number of rotatable bonds is 3. The van der Waals surface area contributed by atoms with E-state index in [1.54, 1.807) is 6.08 Å². The lowest BCUT2D eigenvalue weighted by atomic mass is 10.2. The zero-order chi connectivity index (χ0) is 15.5. The minimum Gasteiger partial charge on any atom is -0.379 e. The fourth-order valence-electron chi connectivity index (χ4n) is 2.30. The van der Waals surface area contributed by atoms with Crippen LogP contribution in [-0.4, -0.2) is 53.9 Å². The number of thioether (sulfide) groups is 1. The highest BCUT2D eigenvalue weighted by Crippen LogP contribution is 2.33. The van der Waals surface area contributed by atoms with Crippen molar-refractivity contribution in [3.63, 3.8) is 0 Å². The van der Waals surface area contributed by atoms with Gasteiger partial charge < -0.3 is 4.74 Å². The number of halogens is 1. The molecule has 5 nitrogen and oxygen atoms in total. The molecule has 2 saturated heterocycles. The van der Waals surface area contributed by atoms with Gasteiger partial charge in [0.1, 0.15) is 0 Å². The zero-order valence-electron chi connectivity index (χ0n) is 11.8. The maximum absolute atomic E-state index is 12.4. The molecule has 1 aromatic rings.